The predicted molar refractivity (Wildman–Crippen MR) is 74.5 cm³/mol. The molecule has 104 valence electrons. The third kappa shape index (κ3) is 2.10. The number of fused-ring (bicyclic) bond motifs is 3. The van der Waals surface area contributed by atoms with Crippen LogP contribution in [0.4, 0.5) is 0 Å². The van der Waals surface area contributed by atoms with E-state index < -0.39 is 12.0 Å². The van der Waals surface area contributed by atoms with Crippen molar-refractivity contribution in [3.63, 3.8) is 0 Å². The van der Waals surface area contributed by atoms with Crippen LogP contribution in [0.5, 0.6) is 0 Å². The summed E-state index contributed by atoms with van der Waals surface area (Å²) in [6.45, 7) is 3.08. The lowest BCUT2D eigenvalue weighted by molar-refractivity contribution is -0.144. The number of carboxylic acids is 1. The van der Waals surface area contributed by atoms with E-state index >= 15 is 0 Å². The number of carboxylic acid groups (broad SMARTS) is 1. The predicted octanol–water partition coefficient (Wildman–Crippen LogP) is 2.05. The number of benzene rings is 1. The fourth-order valence-electron chi connectivity index (χ4n) is 2.82. The average Bonchev–Trinajstić information content (AvgIpc) is 2.82. The lowest BCUT2D eigenvalue weighted by atomic mass is 10.1. The number of aromatic nitrogens is 2. The molecule has 1 aliphatic heterocycles. The van der Waals surface area contributed by atoms with Gasteiger partial charge in [-0.3, -0.25) is 9.69 Å². The Hall–Kier alpha value is -2.14. The van der Waals surface area contributed by atoms with Crippen LogP contribution in [-0.2, 0) is 17.9 Å². The smallest absolute Gasteiger partial charge is 0.320 e. The largest absolute Gasteiger partial charge is 0.480 e. The van der Waals surface area contributed by atoms with Gasteiger partial charge in [0.2, 0.25) is 0 Å². The molecule has 0 bridgehead atoms. The maximum absolute atomic E-state index is 11.4. The number of hydrogen-bond donors (Lipinski definition) is 1. The number of carbonyl (C=O) groups is 1. The van der Waals surface area contributed by atoms with Crippen molar-refractivity contribution in [3.05, 3.63) is 48.0 Å². The van der Waals surface area contributed by atoms with Crippen molar-refractivity contribution < 1.29 is 9.90 Å². The standard InChI is InChI=1S/C15H17N3O2/c1-2-12(15(19)20)17-9-11-5-3-4-6-13(11)18-8-7-16-14(18)10-17/h3-8,12H,2,9-10H2,1H3,(H,19,20)/t12-/m0/s1. The van der Waals surface area contributed by atoms with Crippen molar-refractivity contribution >= 4 is 5.97 Å². The zero-order chi connectivity index (χ0) is 14.1. The summed E-state index contributed by atoms with van der Waals surface area (Å²) in [7, 11) is 0. The van der Waals surface area contributed by atoms with Gasteiger partial charge in [-0.05, 0) is 18.1 Å². The molecule has 0 fully saturated rings. The van der Waals surface area contributed by atoms with E-state index in [0.717, 1.165) is 17.1 Å². The van der Waals surface area contributed by atoms with Gasteiger partial charge in [0.25, 0.3) is 0 Å². The van der Waals surface area contributed by atoms with E-state index in [1.165, 1.54) is 0 Å². The van der Waals surface area contributed by atoms with Crippen LogP contribution in [0.15, 0.2) is 36.7 Å². The summed E-state index contributed by atoms with van der Waals surface area (Å²) in [5.41, 5.74) is 2.21. The van der Waals surface area contributed by atoms with Gasteiger partial charge in [0.1, 0.15) is 11.9 Å². The first kappa shape index (κ1) is 12.9. The number of nitrogens with zero attached hydrogens (tertiary/aromatic N) is 3. The highest BCUT2D eigenvalue weighted by atomic mass is 16.4. The van der Waals surface area contributed by atoms with E-state index in [1.54, 1.807) is 6.20 Å². The Kier molecular flexibility index (Phi) is 3.28. The maximum Gasteiger partial charge on any atom is 0.320 e. The fourth-order valence-corrected chi connectivity index (χ4v) is 2.82. The minimum Gasteiger partial charge on any atom is -0.480 e. The monoisotopic (exact) mass is 271 g/mol. The summed E-state index contributed by atoms with van der Waals surface area (Å²) < 4.78 is 2.05. The normalized spacial score (nSPS) is 16.1. The first-order chi connectivity index (χ1) is 9.70. The Morgan fingerprint density at radius 3 is 2.95 bits per heavy atom. The molecule has 0 unspecified atom stereocenters. The van der Waals surface area contributed by atoms with E-state index in [0.29, 0.717) is 19.5 Å². The molecule has 0 spiro atoms. The molecule has 1 N–H and O–H groups in total. The zero-order valence-corrected chi connectivity index (χ0v) is 11.4. The van der Waals surface area contributed by atoms with E-state index in [9.17, 15) is 9.90 Å². The summed E-state index contributed by atoms with van der Waals surface area (Å²) in [6, 6.07) is 7.59. The second-order valence-corrected chi connectivity index (χ2v) is 5.01. The quantitative estimate of drug-likeness (QED) is 0.928. The van der Waals surface area contributed by atoms with Gasteiger partial charge in [-0.25, -0.2) is 4.98 Å². The molecule has 0 saturated heterocycles. The van der Waals surface area contributed by atoms with Crippen LogP contribution in [0.25, 0.3) is 5.69 Å². The molecule has 1 atom stereocenters. The van der Waals surface area contributed by atoms with E-state index in [-0.39, 0.29) is 0 Å². The minimum atomic E-state index is -0.773. The van der Waals surface area contributed by atoms with Crippen molar-refractivity contribution in [3.8, 4) is 5.69 Å². The van der Waals surface area contributed by atoms with Crippen molar-refractivity contribution in [2.24, 2.45) is 0 Å². The Bertz CT molecular complexity index is 636. The maximum atomic E-state index is 11.4. The van der Waals surface area contributed by atoms with Crippen molar-refractivity contribution in [2.75, 3.05) is 0 Å². The molecule has 1 aromatic heterocycles. The van der Waals surface area contributed by atoms with Crippen LogP contribution in [-0.4, -0.2) is 31.6 Å². The van der Waals surface area contributed by atoms with Crippen LogP contribution >= 0.6 is 0 Å². The van der Waals surface area contributed by atoms with Gasteiger partial charge in [0.15, 0.2) is 0 Å². The lowest BCUT2D eigenvalue weighted by Crippen LogP contribution is -2.39. The Labute approximate surface area is 117 Å². The van der Waals surface area contributed by atoms with E-state index in [4.69, 9.17) is 0 Å². The van der Waals surface area contributed by atoms with Gasteiger partial charge in [-0.1, -0.05) is 25.1 Å². The highest BCUT2D eigenvalue weighted by molar-refractivity contribution is 5.73. The van der Waals surface area contributed by atoms with Gasteiger partial charge in [-0.15, -0.1) is 0 Å². The Morgan fingerprint density at radius 1 is 1.40 bits per heavy atom. The average molecular weight is 271 g/mol. The second kappa shape index (κ2) is 5.09. The minimum absolute atomic E-state index is 0.480. The third-order valence-electron chi connectivity index (χ3n) is 3.80. The van der Waals surface area contributed by atoms with Crippen molar-refractivity contribution in [2.45, 2.75) is 32.5 Å². The molecule has 3 rings (SSSR count). The van der Waals surface area contributed by atoms with Gasteiger partial charge in [0, 0.05) is 18.9 Å². The van der Waals surface area contributed by atoms with E-state index in [1.807, 2.05) is 46.9 Å². The molecule has 1 aromatic carbocycles. The number of hydrogen-bond acceptors (Lipinski definition) is 3. The molecule has 0 saturated carbocycles. The number of para-hydroxylation sites is 1. The van der Waals surface area contributed by atoms with Gasteiger partial charge in [0.05, 0.1) is 12.2 Å². The van der Waals surface area contributed by atoms with Crippen LogP contribution in [0, 0.1) is 0 Å². The van der Waals surface area contributed by atoms with Crippen LogP contribution in [0.3, 0.4) is 0 Å². The van der Waals surface area contributed by atoms with Gasteiger partial charge in [-0.2, -0.15) is 0 Å². The Balaban J connectivity index is 2.07. The highest BCUT2D eigenvalue weighted by Crippen LogP contribution is 2.25. The molecule has 5 nitrogen and oxygen atoms in total. The summed E-state index contributed by atoms with van der Waals surface area (Å²) >= 11 is 0. The Morgan fingerprint density at radius 2 is 2.20 bits per heavy atom. The zero-order valence-electron chi connectivity index (χ0n) is 11.4. The topological polar surface area (TPSA) is 58.4 Å². The van der Waals surface area contributed by atoms with Gasteiger partial charge < -0.3 is 9.67 Å². The summed E-state index contributed by atoms with van der Waals surface area (Å²) in [5.74, 6) is 0.111. The van der Waals surface area contributed by atoms with Gasteiger partial charge >= 0.3 is 5.97 Å². The summed E-state index contributed by atoms with van der Waals surface area (Å²) in [4.78, 5) is 17.8. The molecule has 0 radical (unpaired) electrons. The van der Waals surface area contributed by atoms with Crippen LogP contribution < -0.4 is 0 Å². The highest BCUT2D eigenvalue weighted by Gasteiger charge is 2.28. The van der Waals surface area contributed by atoms with Crippen LogP contribution in [0.2, 0.25) is 0 Å². The third-order valence-corrected chi connectivity index (χ3v) is 3.80. The molecule has 1 aliphatic rings. The summed E-state index contributed by atoms with van der Waals surface area (Å²) in [5, 5.41) is 9.40. The molecular formula is C15H17N3O2. The molecule has 0 amide bonds. The molecular weight excluding hydrogens is 254 g/mol. The first-order valence-corrected chi connectivity index (χ1v) is 6.78. The summed E-state index contributed by atoms with van der Waals surface area (Å²) in [6.07, 6.45) is 4.27. The molecule has 20 heavy (non-hydrogen) atoms. The SMILES string of the molecule is CC[C@@H](C(=O)O)N1Cc2ccccc2-n2ccnc2C1. The second-order valence-electron chi connectivity index (χ2n) is 5.01. The fraction of sp³-hybridized carbons (Fsp3) is 0.333. The molecule has 0 aliphatic carbocycles. The van der Waals surface area contributed by atoms with Crippen molar-refractivity contribution in [1.82, 2.24) is 14.5 Å². The lowest BCUT2D eigenvalue weighted by Gasteiger charge is -2.26. The van der Waals surface area contributed by atoms with E-state index in [2.05, 4.69) is 4.98 Å². The first-order valence-electron chi connectivity index (χ1n) is 6.78. The van der Waals surface area contributed by atoms with Crippen molar-refractivity contribution in [1.29, 1.82) is 0 Å². The number of aliphatic carboxylic acids is 1. The number of rotatable bonds is 3. The molecule has 5 heteroatoms. The number of imidazole rings is 1. The molecule has 2 heterocycles. The van der Waals surface area contributed by atoms with Crippen LogP contribution in [0.1, 0.15) is 24.7 Å². The molecule has 2 aromatic rings.